The van der Waals surface area contributed by atoms with Crippen LogP contribution in [-0.4, -0.2) is 54.8 Å². The number of anilines is 1. The molecular formula is C19H24F3N7O. The number of fused-ring (bicyclic) bond motifs is 1. The minimum atomic E-state index is -4.87. The maximum atomic E-state index is 13.2. The lowest BCUT2D eigenvalue weighted by atomic mass is 10.0. The van der Waals surface area contributed by atoms with Crippen LogP contribution in [0.1, 0.15) is 32.9 Å². The smallest absolute Gasteiger partial charge is 0.375 e. The number of aliphatic hydroxyl groups is 1. The molecule has 3 aromatic rings. The van der Waals surface area contributed by atoms with Gasteiger partial charge in [-0.3, -0.25) is 14.4 Å². The molecular weight excluding hydrogens is 399 g/mol. The van der Waals surface area contributed by atoms with Crippen LogP contribution in [-0.2, 0) is 5.60 Å². The summed E-state index contributed by atoms with van der Waals surface area (Å²) in [5.74, 6) is 0.567. The zero-order valence-electron chi connectivity index (χ0n) is 16.9. The van der Waals surface area contributed by atoms with E-state index in [2.05, 4.69) is 30.6 Å². The van der Waals surface area contributed by atoms with Gasteiger partial charge in [-0.1, -0.05) is 13.8 Å². The molecule has 4 rings (SSSR count). The van der Waals surface area contributed by atoms with Gasteiger partial charge in [0.2, 0.25) is 5.60 Å². The van der Waals surface area contributed by atoms with Gasteiger partial charge in [0.25, 0.3) is 0 Å². The minimum Gasteiger partial charge on any atom is -0.375 e. The van der Waals surface area contributed by atoms with Gasteiger partial charge in [0.05, 0.1) is 36.2 Å². The predicted octanol–water partition coefficient (Wildman–Crippen LogP) is 2.76. The van der Waals surface area contributed by atoms with Gasteiger partial charge >= 0.3 is 6.18 Å². The Hall–Kier alpha value is -2.79. The molecule has 11 heteroatoms. The van der Waals surface area contributed by atoms with Gasteiger partial charge in [-0.15, -0.1) is 0 Å². The Morgan fingerprint density at radius 1 is 1.17 bits per heavy atom. The van der Waals surface area contributed by atoms with E-state index in [1.165, 1.54) is 23.0 Å². The Morgan fingerprint density at radius 2 is 1.93 bits per heavy atom. The van der Waals surface area contributed by atoms with Gasteiger partial charge in [0, 0.05) is 18.8 Å². The van der Waals surface area contributed by atoms with Gasteiger partial charge in [0.15, 0.2) is 5.65 Å². The molecule has 0 aromatic carbocycles. The summed E-state index contributed by atoms with van der Waals surface area (Å²) in [6.07, 6.45) is 2.97. The molecule has 1 aliphatic heterocycles. The second kappa shape index (κ2) is 8.52. The quantitative estimate of drug-likeness (QED) is 0.593. The molecule has 8 nitrogen and oxygen atoms in total. The molecule has 0 amide bonds. The Balaban J connectivity index is 0.00000124. The second-order valence-electron chi connectivity index (χ2n) is 6.84. The van der Waals surface area contributed by atoms with E-state index < -0.39 is 17.5 Å². The summed E-state index contributed by atoms with van der Waals surface area (Å²) in [6, 6.07) is 0.240. The number of nitrogens with zero attached hydrogens (tertiary/aromatic N) is 5. The first kappa shape index (κ1) is 21.9. The van der Waals surface area contributed by atoms with Crippen molar-refractivity contribution in [2.24, 2.45) is 0 Å². The average Bonchev–Trinajstić information content (AvgIpc) is 3.38. The molecule has 1 saturated heterocycles. The summed E-state index contributed by atoms with van der Waals surface area (Å²) in [5.41, 5.74) is -2.42. The van der Waals surface area contributed by atoms with E-state index in [4.69, 9.17) is 0 Å². The molecule has 4 heterocycles. The third-order valence-electron chi connectivity index (χ3n) is 4.76. The maximum absolute atomic E-state index is 13.2. The van der Waals surface area contributed by atoms with Gasteiger partial charge in [-0.25, -0.2) is 9.97 Å². The van der Waals surface area contributed by atoms with Crippen LogP contribution in [0, 0.1) is 0 Å². The van der Waals surface area contributed by atoms with Crippen molar-refractivity contribution >= 4 is 11.5 Å². The highest BCUT2D eigenvalue weighted by molar-refractivity contribution is 5.60. The number of alkyl halides is 3. The summed E-state index contributed by atoms with van der Waals surface area (Å²) < 4.78 is 40.9. The molecule has 2 atom stereocenters. The lowest BCUT2D eigenvalue weighted by Gasteiger charge is -2.25. The number of hydrogen-bond donors (Lipinski definition) is 3. The lowest BCUT2D eigenvalue weighted by molar-refractivity contribution is -0.260. The number of nitrogens with one attached hydrogen (secondary N) is 2. The van der Waals surface area contributed by atoms with Crippen LogP contribution in [0.15, 0.2) is 31.0 Å². The van der Waals surface area contributed by atoms with Gasteiger partial charge < -0.3 is 15.7 Å². The van der Waals surface area contributed by atoms with Crippen molar-refractivity contribution in [2.45, 2.75) is 45.0 Å². The van der Waals surface area contributed by atoms with E-state index in [0.29, 0.717) is 29.8 Å². The zero-order valence-corrected chi connectivity index (χ0v) is 16.9. The molecule has 0 radical (unpaired) electrons. The Bertz CT molecular complexity index is 997. The Morgan fingerprint density at radius 3 is 2.60 bits per heavy atom. The van der Waals surface area contributed by atoms with Crippen molar-refractivity contribution in [2.75, 3.05) is 18.4 Å². The van der Waals surface area contributed by atoms with Crippen LogP contribution in [0.3, 0.4) is 0 Å². The monoisotopic (exact) mass is 423 g/mol. The van der Waals surface area contributed by atoms with Gasteiger partial charge in [-0.05, 0) is 19.9 Å². The summed E-state index contributed by atoms with van der Waals surface area (Å²) in [6.45, 7) is 6.41. The fraction of sp³-hybridized carbons (Fsp3) is 0.474. The molecule has 0 aliphatic carbocycles. The third kappa shape index (κ3) is 4.21. The number of hydrogen-bond acceptors (Lipinski definition) is 7. The molecule has 30 heavy (non-hydrogen) atoms. The molecule has 3 aromatic heterocycles. The van der Waals surface area contributed by atoms with Crippen molar-refractivity contribution in [1.82, 2.24) is 29.7 Å². The van der Waals surface area contributed by atoms with Crippen molar-refractivity contribution in [3.05, 3.63) is 36.7 Å². The van der Waals surface area contributed by atoms with Gasteiger partial charge in [-0.2, -0.15) is 13.2 Å². The van der Waals surface area contributed by atoms with Crippen LogP contribution in [0.4, 0.5) is 19.0 Å². The van der Waals surface area contributed by atoms with Crippen LogP contribution in [0.2, 0.25) is 0 Å². The van der Waals surface area contributed by atoms with E-state index in [1.807, 2.05) is 13.8 Å². The highest BCUT2D eigenvalue weighted by Gasteiger charge is 2.52. The molecule has 0 saturated carbocycles. The zero-order chi connectivity index (χ0) is 21.9. The fourth-order valence-corrected chi connectivity index (χ4v) is 3.02. The van der Waals surface area contributed by atoms with Crippen molar-refractivity contribution in [1.29, 1.82) is 0 Å². The van der Waals surface area contributed by atoms with Gasteiger partial charge in [0.1, 0.15) is 11.5 Å². The van der Waals surface area contributed by atoms with E-state index in [0.717, 1.165) is 25.7 Å². The van der Waals surface area contributed by atoms with E-state index >= 15 is 0 Å². The van der Waals surface area contributed by atoms with Crippen LogP contribution < -0.4 is 10.6 Å². The average molecular weight is 423 g/mol. The number of rotatable bonds is 4. The minimum absolute atomic E-state index is 0.240. The second-order valence-corrected chi connectivity index (χ2v) is 6.84. The number of aromatic nitrogens is 5. The first-order valence-corrected chi connectivity index (χ1v) is 9.68. The Kier molecular flexibility index (Phi) is 6.22. The normalized spacial score (nSPS) is 18.6. The molecule has 0 bridgehead atoms. The highest BCUT2D eigenvalue weighted by atomic mass is 19.4. The molecule has 1 fully saturated rings. The molecule has 162 valence electrons. The van der Waals surface area contributed by atoms with Crippen LogP contribution >= 0.6 is 0 Å². The largest absolute Gasteiger partial charge is 0.422 e. The highest BCUT2D eigenvalue weighted by Crippen LogP contribution is 2.37. The number of halogens is 3. The SMILES string of the molecule is CC.CC(O)(c1cn2c(-c3cncc(N[C@@H]4CCNC4)n3)cnc2cn1)C(F)(F)F. The van der Waals surface area contributed by atoms with Crippen LogP contribution in [0.25, 0.3) is 17.0 Å². The van der Waals surface area contributed by atoms with Crippen molar-refractivity contribution in [3.8, 4) is 11.4 Å². The predicted molar refractivity (Wildman–Crippen MR) is 106 cm³/mol. The van der Waals surface area contributed by atoms with E-state index in [-0.39, 0.29) is 6.04 Å². The summed E-state index contributed by atoms with van der Waals surface area (Å²) in [7, 11) is 0. The third-order valence-corrected chi connectivity index (χ3v) is 4.76. The standard InChI is InChI=1S/C17H18F3N7O.C2H6/c1-16(28,17(18,19)20)13-9-27-12(6-24-15(27)8-23-13)11-5-22-7-14(26-11)25-10-2-3-21-4-10;1-2/h5-10,21,28H,2-4H2,1H3,(H,25,26);1-2H3/t10-,16?;/m1./s1. The molecule has 1 unspecified atom stereocenters. The Labute approximate surface area is 171 Å². The summed E-state index contributed by atoms with van der Waals surface area (Å²) in [4.78, 5) is 16.6. The van der Waals surface area contributed by atoms with Crippen LogP contribution in [0.5, 0.6) is 0 Å². The van der Waals surface area contributed by atoms with E-state index in [1.54, 1.807) is 6.20 Å². The maximum Gasteiger partial charge on any atom is 0.422 e. The molecule has 1 aliphatic rings. The summed E-state index contributed by atoms with van der Waals surface area (Å²) >= 11 is 0. The first-order chi connectivity index (χ1) is 14.3. The molecule has 0 spiro atoms. The topological polar surface area (TPSA) is 100 Å². The summed E-state index contributed by atoms with van der Waals surface area (Å²) in [5, 5.41) is 16.4. The first-order valence-electron chi connectivity index (χ1n) is 9.68. The lowest BCUT2D eigenvalue weighted by Crippen LogP contribution is -2.40. The fourth-order valence-electron chi connectivity index (χ4n) is 3.02. The van der Waals surface area contributed by atoms with Crippen molar-refractivity contribution in [3.63, 3.8) is 0 Å². The van der Waals surface area contributed by atoms with Crippen molar-refractivity contribution < 1.29 is 18.3 Å². The number of imidazole rings is 1. The van der Waals surface area contributed by atoms with E-state index in [9.17, 15) is 18.3 Å². The molecule has 3 N–H and O–H groups in total.